The molecule has 3 aromatic rings. The molecule has 0 unspecified atom stereocenters. The van der Waals surface area contributed by atoms with Gasteiger partial charge in [0.15, 0.2) is 5.13 Å². The van der Waals surface area contributed by atoms with Gasteiger partial charge in [-0.2, -0.15) is 0 Å². The first-order valence-corrected chi connectivity index (χ1v) is 7.50. The first-order valence-electron chi connectivity index (χ1n) is 6.69. The number of hydrogen-bond acceptors (Lipinski definition) is 5. The van der Waals surface area contributed by atoms with E-state index in [1.807, 2.05) is 31.2 Å². The molecule has 0 aliphatic rings. The molecule has 22 heavy (non-hydrogen) atoms. The van der Waals surface area contributed by atoms with Gasteiger partial charge in [-0.1, -0.05) is 29.0 Å². The Labute approximate surface area is 131 Å². The Morgan fingerprint density at radius 1 is 1.32 bits per heavy atom. The Kier molecular flexibility index (Phi) is 3.68. The molecule has 1 amide bonds. The standard InChI is InChI=1S/C16H15N3O2S/c1-9-4-3-5-10(6-9)15(20)18-11-7-12(21-2)14-13(8-11)22-16(17)19-14/h3-8H,1-2H3,(H2,17,19)(H,18,20). The number of thiazole rings is 1. The molecule has 0 saturated heterocycles. The van der Waals surface area contributed by atoms with E-state index in [1.54, 1.807) is 19.2 Å². The summed E-state index contributed by atoms with van der Waals surface area (Å²) in [6.07, 6.45) is 0. The Bertz CT molecular complexity index is 858. The van der Waals surface area contributed by atoms with E-state index in [2.05, 4.69) is 10.3 Å². The second-order valence-corrected chi connectivity index (χ2v) is 5.96. The minimum Gasteiger partial charge on any atom is -0.494 e. The Morgan fingerprint density at radius 2 is 2.14 bits per heavy atom. The van der Waals surface area contributed by atoms with Gasteiger partial charge in [0.1, 0.15) is 11.3 Å². The van der Waals surface area contributed by atoms with Crippen LogP contribution in [0.4, 0.5) is 10.8 Å². The van der Waals surface area contributed by atoms with Gasteiger partial charge in [0, 0.05) is 17.3 Å². The van der Waals surface area contributed by atoms with Crippen LogP contribution in [0.15, 0.2) is 36.4 Å². The second-order valence-electron chi connectivity index (χ2n) is 4.90. The summed E-state index contributed by atoms with van der Waals surface area (Å²) in [5.41, 5.74) is 8.75. The number of fused-ring (bicyclic) bond motifs is 1. The van der Waals surface area contributed by atoms with Crippen molar-refractivity contribution in [2.75, 3.05) is 18.2 Å². The van der Waals surface area contributed by atoms with E-state index >= 15 is 0 Å². The smallest absolute Gasteiger partial charge is 0.255 e. The number of benzene rings is 2. The van der Waals surface area contributed by atoms with E-state index in [-0.39, 0.29) is 5.91 Å². The Morgan fingerprint density at radius 3 is 2.86 bits per heavy atom. The van der Waals surface area contributed by atoms with Crippen LogP contribution in [0.1, 0.15) is 15.9 Å². The number of nitrogens with zero attached hydrogens (tertiary/aromatic N) is 1. The summed E-state index contributed by atoms with van der Waals surface area (Å²) in [5.74, 6) is 0.424. The third kappa shape index (κ3) is 2.73. The average Bonchev–Trinajstić information content (AvgIpc) is 2.86. The van der Waals surface area contributed by atoms with Gasteiger partial charge in [-0.3, -0.25) is 4.79 Å². The number of amides is 1. The third-order valence-corrected chi connectivity index (χ3v) is 4.07. The van der Waals surface area contributed by atoms with E-state index in [4.69, 9.17) is 10.5 Å². The maximum atomic E-state index is 12.3. The van der Waals surface area contributed by atoms with Crippen molar-refractivity contribution in [1.29, 1.82) is 0 Å². The number of aromatic nitrogens is 1. The predicted octanol–water partition coefficient (Wildman–Crippen LogP) is 3.45. The lowest BCUT2D eigenvalue weighted by Gasteiger charge is -2.08. The molecule has 5 nitrogen and oxygen atoms in total. The number of nitrogens with two attached hydrogens (primary N) is 1. The van der Waals surface area contributed by atoms with Gasteiger partial charge in [0.05, 0.1) is 11.8 Å². The number of nitrogens with one attached hydrogen (secondary N) is 1. The molecule has 0 spiro atoms. The predicted molar refractivity (Wildman–Crippen MR) is 89.7 cm³/mol. The molecule has 1 aromatic heterocycles. The van der Waals surface area contributed by atoms with E-state index in [0.29, 0.717) is 27.6 Å². The van der Waals surface area contributed by atoms with E-state index in [0.717, 1.165) is 10.3 Å². The molecule has 0 aliphatic heterocycles. The number of hydrogen-bond donors (Lipinski definition) is 2. The largest absolute Gasteiger partial charge is 0.494 e. The second kappa shape index (κ2) is 5.65. The first kappa shape index (κ1) is 14.3. The van der Waals surface area contributed by atoms with Crippen molar-refractivity contribution in [3.63, 3.8) is 0 Å². The highest BCUT2D eigenvalue weighted by Crippen LogP contribution is 2.34. The van der Waals surface area contributed by atoms with Crippen molar-refractivity contribution in [2.24, 2.45) is 0 Å². The van der Waals surface area contributed by atoms with Crippen molar-refractivity contribution < 1.29 is 9.53 Å². The number of anilines is 2. The third-order valence-electron chi connectivity index (χ3n) is 3.23. The van der Waals surface area contributed by atoms with E-state index in [1.165, 1.54) is 11.3 Å². The summed E-state index contributed by atoms with van der Waals surface area (Å²) in [7, 11) is 1.57. The zero-order valence-electron chi connectivity index (χ0n) is 12.2. The topological polar surface area (TPSA) is 77.2 Å². The minimum atomic E-state index is -0.164. The van der Waals surface area contributed by atoms with Crippen LogP contribution in [0.5, 0.6) is 5.75 Å². The zero-order valence-corrected chi connectivity index (χ0v) is 13.0. The number of carbonyl (C=O) groups is 1. The maximum Gasteiger partial charge on any atom is 0.255 e. The number of aryl methyl sites for hydroxylation is 1. The van der Waals surface area contributed by atoms with Crippen LogP contribution in [-0.4, -0.2) is 18.0 Å². The number of ether oxygens (including phenoxy) is 1. The zero-order chi connectivity index (χ0) is 15.7. The molecule has 3 N–H and O–H groups in total. The van der Waals surface area contributed by atoms with Gasteiger partial charge in [-0.05, 0) is 25.1 Å². The molecule has 2 aromatic carbocycles. The molecular formula is C16H15N3O2S. The van der Waals surface area contributed by atoms with E-state index in [9.17, 15) is 4.79 Å². The Balaban J connectivity index is 1.95. The van der Waals surface area contributed by atoms with Gasteiger partial charge in [0.2, 0.25) is 0 Å². The quantitative estimate of drug-likeness (QED) is 0.776. The van der Waals surface area contributed by atoms with Crippen LogP contribution in [-0.2, 0) is 0 Å². The highest BCUT2D eigenvalue weighted by Gasteiger charge is 2.12. The summed E-state index contributed by atoms with van der Waals surface area (Å²) >= 11 is 1.36. The fourth-order valence-corrected chi connectivity index (χ4v) is 3.02. The monoisotopic (exact) mass is 313 g/mol. The van der Waals surface area contributed by atoms with Crippen LogP contribution in [0.25, 0.3) is 10.2 Å². The normalized spacial score (nSPS) is 10.6. The number of methoxy groups -OCH3 is 1. The number of nitrogen functional groups attached to an aromatic ring is 1. The van der Waals surface area contributed by atoms with Gasteiger partial charge < -0.3 is 15.8 Å². The van der Waals surface area contributed by atoms with Crippen molar-refractivity contribution in [2.45, 2.75) is 6.92 Å². The van der Waals surface area contributed by atoms with Crippen LogP contribution in [0.2, 0.25) is 0 Å². The lowest BCUT2D eigenvalue weighted by Crippen LogP contribution is -2.12. The van der Waals surface area contributed by atoms with Crippen LogP contribution >= 0.6 is 11.3 Å². The SMILES string of the molecule is COc1cc(NC(=O)c2cccc(C)c2)cc2sc(N)nc12. The van der Waals surface area contributed by atoms with Gasteiger partial charge in [-0.15, -0.1) is 0 Å². The molecule has 0 radical (unpaired) electrons. The lowest BCUT2D eigenvalue weighted by atomic mass is 10.1. The van der Waals surface area contributed by atoms with Crippen molar-refractivity contribution >= 4 is 38.3 Å². The van der Waals surface area contributed by atoms with Crippen LogP contribution in [0, 0.1) is 6.92 Å². The average molecular weight is 313 g/mol. The summed E-state index contributed by atoms with van der Waals surface area (Å²) in [4.78, 5) is 16.6. The molecule has 1 heterocycles. The fourth-order valence-electron chi connectivity index (χ4n) is 2.23. The van der Waals surface area contributed by atoms with Crippen molar-refractivity contribution in [3.8, 4) is 5.75 Å². The molecule has 3 rings (SSSR count). The van der Waals surface area contributed by atoms with Crippen LogP contribution < -0.4 is 15.8 Å². The highest BCUT2D eigenvalue weighted by molar-refractivity contribution is 7.22. The maximum absolute atomic E-state index is 12.3. The molecule has 0 atom stereocenters. The molecule has 0 bridgehead atoms. The highest BCUT2D eigenvalue weighted by atomic mass is 32.1. The van der Waals surface area contributed by atoms with E-state index < -0.39 is 0 Å². The van der Waals surface area contributed by atoms with Crippen molar-refractivity contribution in [1.82, 2.24) is 4.98 Å². The van der Waals surface area contributed by atoms with Crippen LogP contribution in [0.3, 0.4) is 0 Å². The van der Waals surface area contributed by atoms with Gasteiger partial charge >= 0.3 is 0 Å². The molecule has 6 heteroatoms. The first-order chi connectivity index (χ1) is 10.6. The Hall–Kier alpha value is -2.60. The molecule has 112 valence electrons. The van der Waals surface area contributed by atoms with Crippen molar-refractivity contribution in [3.05, 3.63) is 47.5 Å². The minimum absolute atomic E-state index is 0.164. The van der Waals surface area contributed by atoms with Gasteiger partial charge in [0.25, 0.3) is 5.91 Å². The van der Waals surface area contributed by atoms with Gasteiger partial charge in [-0.25, -0.2) is 4.98 Å². The fraction of sp³-hybridized carbons (Fsp3) is 0.125. The summed E-state index contributed by atoms with van der Waals surface area (Å²) in [6.45, 7) is 1.95. The number of carbonyl (C=O) groups excluding carboxylic acids is 1. The molecule has 0 aliphatic carbocycles. The molecule has 0 saturated carbocycles. The lowest BCUT2D eigenvalue weighted by molar-refractivity contribution is 0.102. The summed E-state index contributed by atoms with van der Waals surface area (Å²) in [5, 5.41) is 3.35. The molecular weight excluding hydrogens is 298 g/mol. The summed E-state index contributed by atoms with van der Waals surface area (Å²) in [6, 6.07) is 11.0. The molecule has 0 fully saturated rings. The number of rotatable bonds is 3. The summed E-state index contributed by atoms with van der Waals surface area (Å²) < 4.78 is 6.20.